The fourth-order valence-electron chi connectivity index (χ4n) is 3.81. The zero-order valence-corrected chi connectivity index (χ0v) is 17.6. The van der Waals surface area contributed by atoms with Gasteiger partial charge in [-0.3, -0.25) is 4.79 Å². The van der Waals surface area contributed by atoms with Gasteiger partial charge < -0.3 is 14.3 Å². The number of nitrogens with zero attached hydrogens (tertiary/aromatic N) is 7. The van der Waals surface area contributed by atoms with Crippen molar-refractivity contribution >= 4 is 23.5 Å². The Hall–Kier alpha value is -3.13. The fraction of sp³-hybridized carbons (Fsp3) is 0.474. The molecular formula is C19H22N8O2S. The Labute approximate surface area is 177 Å². The standard InChI is InChI=1S/C19H22N8O2S/c1-12-13(2)27(14-5-3-4-6-14)18(15(12)7-20)23-16(28)9-30-19-25-24-17(29-19)8-26-11-21-10-22-26/h10-11,14H,3-6,8-9H2,1-2H3,(H,23,28). The highest BCUT2D eigenvalue weighted by atomic mass is 32.2. The smallest absolute Gasteiger partial charge is 0.277 e. The maximum atomic E-state index is 12.6. The third-order valence-corrected chi connectivity index (χ3v) is 6.17. The molecule has 0 aliphatic heterocycles. The lowest BCUT2D eigenvalue weighted by molar-refractivity contribution is -0.113. The van der Waals surface area contributed by atoms with E-state index >= 15 is 0 Å². The zero-order chi connectivity index (χ0) is 21.1. The average molecular weight is 427 g/mol. The molecule has 156 valence electrons. The monoisotopic (exact) mass is 426 g/mol. The second-order valence-electron chi connectivity index (χ2n) is 7.25. The molecule has 4 rings (SSSR count). The van der Waals surface area contributed by atoms with Crippen LogP contribution in [0.2, 0.25) is 0 Å². The highest BCUT2D eigenvalue weighted by Crippen LogP contribution is 2.37. The fourth-order valence-corrected chi connectivity index (χ4v) is 4.39. The number of nitrogens with one attached hydrogen (secondary N) is 1. The summed E-state index contributed by atoms with van der Waals surface area (Å²) in [5.41, 5.74) is 2.49. The van der Waals surface area contributed by atoms with Gasteiger partial charge in [0.2, 0.25) is 11.8 Å². The van der Waals surface area contributed by atoms with Crippen LogP contribution in [0.1, 0.15) is 54.4 Å². The molecule has 0 atom stereocenters. The van der Waals surface area contributed by atoms with E-state index in [1.54, 1.807) is 11.0 Å². The van der Waals surface area contributed by atoms with E-state index in [2.05, 4.69) is 36.2 Å². The molecule has 10 nitrogen and oxygen atoms in total. The summed E-state index contributed by atoms with van der Waals surface area (Å²) in [4.78, 5) is 16.5. The predicted octanol–water partition coefficient (Wildman–Crippen LogP) is 2.85. The van der Waals surface area contributed by atoms with E-state index in [1.807, 2.05) is 13.8 Å². The van der Waals surface area contributed by atoms with E-state index in [-0.39, 0.29) is 11.7 Å². The summed E-state index contributed by atoms with van der Waals surface area (Å²) in [6.45, 7) is 4.26. The number of aromatic nitrogens is 6. The van der Waals surface area contributed by atoms with Crippen LogP contribution in [0, 0.1) is 25.2 Å². The molecule has 30 heavy (non-hydrogen) atoms. The van der Waals surface area contributed by atoms with Gasteiger partial charge in [-0.25, -0.2) is 9.67 Å². The highest BCUT2D eigenvalue weighted by Gasteiger charge is 2.26. The molecule has 0 saturated heterocycles. The molecule has 1 fully saturated rings. The highest BCUT2D eigenvalue weighted by molar-refractivity contribution is 7.99. The van der Waals surface area contributed by atoms with Gasteiger partial charge >= 0.3 is 0 Å². The van der Waals surface area contributed by atoms with Crippen molar-refractivity contribution in [1.82, 2.24) is 29.5 Å². The molecule has 0 spiro atoms. The Morgan fingerprint density at radius 3 is 2.87 bits per heavy atom. The number of thioether (sulfide) groups is 1. The number of nitriles is 1. The molecule has 11 heteroatoms. The van der Waals surface area contributed by atoms with Gasteiger partial charge in [0.05, 0.1) is 11.3 Å². The van der Waals surface area contributed by atoms with Crippen LogP contribution in [0.5, 0.6) is 0 Å². The topological polar surface area (TPSA) is 127 Å². The Bertz CT molecular complexity index is 1070. The summed E-state index contributed by atoms with van der Waals surface area (Å²) in [6, 6.07) is 2.58. The molecule has 3 aromatic heterocycles. The lowest BCUT2D eigenvalue weighted by Crippen LogP contribution is -2.19. The Kier molecular flexibility index (Phi) is 5.85. The second kappa shape index (κ2) is 8.71. The molecular weight excluding hydrogens is 404 g/mol. The van der Waals surface area contributed by atoms with E-state index in [0.717, 1.165) is 35.9 Å². The summed E-state index contributed by atoms with van der Waals surface area (Å²) < 4.78 is 9.25. The van der Waals surface area contributed by atoms with Gasteiger partial charge in [-0.05, 0) is 32.3 Å². The molecule has 0 aromatic carbocycles. The third kappa shape index (κ3) is 4.09. The van der Waals surface area contributed by atoms with E-state index < -0.39 is 0 Å². The van der Waals surface area contributed by atoms with Gasteiger partial charge in [0, 0.05) is 11.7 Å². The van der Waals surface area contributed by atoms with Crippen molar-refractivity contribution in [3.05, 3.63) is 35.4 Å². The number of hydrogen-bond donors (Lipinski definition) is 1. The zero-order valence-electron chi connectivity index (χ0n) is 16.8. The van der Waals surface area contributed by atoms with Crippen molar-refractivity contribution < 1.29 is 9.21 Å². The largest absolute Gasteiger partial charge is 0.414 e. The van der Waals surface area contributed by atoms with Crippen LogP contribution in [-0.2, 0) is 11.3 Å². The molecule has 1 saturated carbocycles. The van der Waals surface area contributed by atoms with Crippen molar-refractivity contribution in [3.8, 4) is 6.07 Å². The van der Waals surface area contributed by atoms with Crippen LogP contribution >= 0.6 is 11.8 Å². The average Bonchev–Trinajstić information content (AvgIpc) is 3.52. The lowest BCUT2D eigenvalue weighted by Gasteiger charge is -2.19. The van der Waals surface area contributed by atoms with Gasteiger partial charge in [-0.2, -0.15) is 10.4 Å². The van der Waals surface area contributed by atoms with Crippen LogP contribution < -0.4 is 5.32 Å². The van der Waals surface area contributed by atoms with Gasteiger partial charge in [0.25, 0.3) is 5.22 Å². The molecule has 3 heterocycles. The summed E-state index contributed by atoms with van der Waals surface area (Å²) in [6.07, 6.45) is 7.44. The maximum Gasteiger partial charge on any atom is 0.277 e. The van der Waals surface area contributed by atoms with Crippen molar-refractivity contribution in [2.45, 2.75) is 57.3 Å². The summed E-state index contributed by atoms with van der Waals surface area (Å²) in [5, 5.41) is 24.8. The summed E-state index contributed by atoms with van der Waals surface area (Å²) >= 11 is 1.15. The van der Waals surface area contributed by atoms with Crippen LogP contribution in [-0.4, -0.2) is 41.2 Å². The third-order valence-electron chi connectivity index (χ3n) is 5.36. The van der Waals surface area contributed by atoms with Crippen LogP contribution in [0.3, 0.4) is 0 Å². The number of carbonyl (C=O) groups is 1. The lowest BCUT2D eigenvalue weighted by atomic mass is 10.2. The van der Waals surface area contributed by atoms with Gasteiger partial charge in [0.1, 0.15) is 31.1 Å². The van der Waals surface area contributed by atoms with E-state index in [4.69, 9.17) is 4.42 Å². The second-order valence-corrected chi connectivity index (χ2v) is 8.17. The first-order chi connectivity index (χ1) is 14.6. The summed E-state index contributed by atoms with van der Waals surface area (Å²) in [7, 11) is 0. The normalized spacial score (nSPS) is 14.2. The molecule has 1 aliphatic carbocycles. The Balaban J connectivity index is 1.42. The molecule has 0 bridgehead atoms. The van der Waals surface area contributed by atoms with Gasteiger partial charge in [-0.1, -0.05) is 24.6 Å². The molecule has 1 amide bonds. The Morgan fingerprint density at radius 2 is 2.17 bits per heavy atom. The Morgan fingerprint density at radius 1 is 1.37 bits per heavy atom. The quantitative estimate of drug-likeness (QED) is 0.571. The van der Waals surface area contributed by atoms with E-state index in [0.29, 0.717) is 35.1 Å². The van der Waals surface area contributed by atoms with Crippen molar-refractivity contribution in [2.75, 3.05) is 11.1 Å². The first kappa shape index (κ1) is 20.2. The van der Waals surface area contributed by atoms with Crippen molar-refractivity contribution in [3.63, 3.8) is 0 Å². The number of rotatable bonds is 7. The van der Waals surface area contributed by atoms with Crippen molar-refractivity contribution in [2.24, 2.45) is 0 Å². The molecule has 0 unspecified atom stereocenters. The molecule has 1 aliphatic rings. The van der Waals surface area contributed by atoms with Crippen molar-refractivity contribution in [1.29, 1.82) is 5.26 Å². The van der Waals surface area contributed by atoms with Crippen LogP contribution in [0.15, 0.2) is 22.3 Å². The SMILES string of the molecule is Cc1c(C#N)c(NC(=O)CSc2nnc(Cn3cncn3)o2)n(C2CCCC2)c1C. The van der Waals surface area contributed by atoms with Crippen LogP contribution in [0.25, 0.3) is 0 Å². The molecule has 0 radical (unpaired) electrons. The van der Waals surface area contributed by atoms with E-state index in [1.165, 1.54) is 19.2 Å². The number of amides is 1. The minimum absolute atomic E-state index is 0.101. The summed E-state index contributed by atoms with van der Waals surface area (Å²) in [5.74, 6) is 0.868. The van der Waals surface area contributed by atoms with Gasteiger partial charge in [-0.15, -0.1) is 10.2 Å². The maximum absolute atomic E-state index is 12.6. The van der Waals surface area contributed by atoms with Crippen LogP contribution in [0.4, 0.5) is 5.82 Å². The number of anilines is 1. The minimum Gasteiger partial charge on any atom is -0.414 e. The molecule has 1 N–H and O–H groups in total. The first-order valence-corrected chi connectivity index (χ1v) is 10.7. The number of carbonyl (C=O) groups excluding carboxylic acids is 1. The minimum atomic E-state index is -0.218. The first-order valence-electron chi connectivity index (χ1n) is 9.75. The molecule has 3 aromatic rings. The van der Waals surface area contributed by atoms with E-state index in [9.17, 15) is 10.1 Å². The predicted molar refractivity (Wildman–Crippen MR) is 109 cm³/mol. The van der Waals surface area contributed by atoms with Gasteiger partial charge in [0.15, 0.2) is 0 Å². The number of hydrogen-bond acceptors (Lipinski definition) is 8.